The van der Waals surface area contributed by atoms with E-state index in [9.17, 15) is 0 Å². The van der Waals surface area contributed by atoms with Gasteiger partial charge in [-0.3, -0.25) is 4.98 Å². The average Bonchev–Trinajstić information content (AvgIpc) is 3.46. The van der Waals surface area contributed by atoms with Gasteiger partial charge >= 0.3 is 0 Å². The zero-order valence-electron chi connectivity index (χ0n) is 24.1. The number of nitrogens with one attached hydrogen (secondary N) is 1. The van der Waals surface area contributed by atoms with E-state index < -0.39 is 0 Å². The molecule has 0 saturated carbocycles. The third-order valence-corrected chi connectivity index (χ3v) is 8.30. The first-order valence-corrected chi connectivity index (χ1v) is 14.3. The number of aromatic nitrogens is 2. The molecule has 6 heteroatoms. The first-order chi connectivity index (χ1) is 19.8. The highest BCUT2D eigenvalue weighted by Crippen LogP contribution is 2.44. The van der Waals surface area contributed by atoms with Gasteiger partial charge in [0.15, 0.2) is 5.11 Å². The van der Waals surface area contributed by atoms with Gasteiger partial charge in [0.25, 0.3) is 0 Å². The first kappa shape index (κ1) is 26.8. The summed E-state index contributed by atoms with van der Waals surface area (Å²) in [5.41, 5.74) is 10.4. The molecule has 0 amide bonds. The van der Waals surface area contributed by atoms with Crippen LogP contribution in [-0.2, 0) is 0 Å². The van der Waals surface area contributed by atoms with Crippen molar-refractivity contribution in [3.05, 3.63) is 137 Å². The maximum Gasteiger partial charge on any atom is 0.174 e. The Balaban J connectivity index is 1.44. The van der Waals surface area contributed by atoms with Crippen molar-refractivity contribution in [1.82, 2.24) is 14.9 Å². The van der Waals surface area contributed by atoms with Crippen LogP contribution in [0.2, 0.25) is 0 Å². The highest BCUT2D eigenvalue weighted by Gasteiger charge is 2.42. The first-order valence-electron chi connectivity index (χ1n) is 13.9. The maximum absolute atomic E-state index is 6.18. The van der Waals surface area contributed by atoms with Gasteiger partial charge in [-0.15, -0.1) is 0 Å². The topological polar surface area (TPSA) is 42.3 Å². The SMILES string of the molecule is Cc1ccccc1Oc1ccc(N2C(=S)N[C@@H](c3ccccn3)[C@H]2c2cc(C)n(-c3c(C)cccc3C)c2C)cc1. The molecule has 0 bridgehead atoms. The van der Waals surface area contributed by atoms with Crippen LogP contribution < -0.4 is 15.0 Å². The predicted octanol–water partition coefficient (Wildman–Crippen LogP) is 8.38. The van der Waals surface area contributed by atoms with Crippen molar-refractivity contribution in [3.8, 4) is 17.2 Å². The summed E-state index contributed by atoms with van der Waals surface area (Å²) < 4.78 is 8.57. The minimum atomic E-state index is -0.112. The fraction of sp³-hybridized carbons (Fsp3) is 0.200. The second-order valence-electron chi connectivity index (χ2n) is 10.8. The lowest BCUT2D eigenvalue weighted by Gasteiger charge is -2.28. The number of hydrogen-bond acceptors (Lipinski definition) is 3. The average molecular weight is 559 g/mol. The number of rotatable bonds is 6. The van der Waals surface area contributed by atoms with Crippen molar-refractivity contribution in [1.29, 1.82) is 0 Å². The van der Waals surface area contributed by atoms with Gasteiger partial charge in [0, 0.05) is 23.3 Å². The van der Waals surface area contributed by atoms with Crippen molar-refractivity contribution < 1.29 is 4.74 Å². The molecule has 0 aliphatic carbocycles. The quantitative estimate of drug-likeness (QED) is 0.212. The van der Waals surface area contributed by atoms with Gasteiger partial charge < -0.3 is 19.5 Å². The standard InChI is InChI=1S/C35H34N4OS/c1-22-11-6-7-15-31(22)40-28-18-16-27(17-19-28)39-34(32(37-35(39)41)30-14-8-9-20-36-30)29-21-25(4)38(26(29)5)33-23(2)12-10-13-24(33)3/h6-21,32,34H,1-5H3,(H,37,41)/t32-,34+/m0/s1. The molecule has 6 rings (SSSR count). The smallest absolute Gasteiger partial charge is 0.174 e. The zero-order chi connectivity index (χ0) is 28.7. The van der Waals surface area contributed by atoms with Crippen LogP contribution in [0.1, 0.15) is 51.4 Å². The largest absolute Gasteiger partial charge is 0.457 e. The number of pyridine rings is 1. The summed E-state index contributed by atoms with van der Waals surface area (Å²) >= 11 is 6.00. The molecule has 0 spiro atoms. The molecule has 1 N–H and O–H groups in total. The number of benzene rings is 3. The van der Waals surface area contributed by atoms with E-state index in [4.69, 9.17) is 21.9 Å². The summed E-state index contributed by atoms with van der Waals surface area (Å²) in [6.45, 7) is 10.8. The van der Waals surface area contributed by atoms with E-state index in [2.05, 4.69) is 97.9 Å². The highest BCUT2D eigenvalue weighted by molar-refractivity contribution is 7.80. The molecule has 5 aromatic rings. The molecule has 1 fully saturated rings. The van der Waals surface area contributed by atoms with Gasteiger partial charge in [-0.1, -0.05) is 42.5 Å². The van der Waals surface area contributed by atoms with Crippen molar-refractivity contribution in [2.45, 2.75) is 46.7 Å². The molecule has 1 saturated heterocycles. The fourth-order valence-corrected chi connectivity index (χ4v) is 6.36. The Bertz CT molecular complexity index is 1710. The molecular weight excluding hydrogens is 524 g/mol. The summed E-state index contributed by atoms with van der Waals surface area (Å²) in [6.07, 6.45) is 1.84. The van der Waals surface area contributed by atoms with Crippen molar-refractivity contribution >= 4 is 23.0 Å². The molecule has 0 unspecified atom stereocenters. The van der Waals surface area contributed by atoms with E-state index in [1.54, 1.807) is 0 Å². The summed E-state index contributed by atoms with van der Waals surface area (Å²) in [5.74, 6) is 1.64. The zero-order valence-corrected chi connectivity index (χ0v) is 24.9. The lowest BCUT2D eigenvalue weighted by molar-refractivity contribution is 0.479. The Labute approximate surface area is 247 Å². The summed E-state index contributed by atoms with van der Waals surface area (Å²) in [6, 6.07) is 30.9. The number of thiocarbonyl (C=S) groups is 1. The Kier molecular flexibility index (Phi) is 7.10. The number of anilines is 1. The van der Waals surface area contributed by atoms with E-state index in [0.717, 1.165) is 28.4 Å². The van der Waals surface area contributed by atoms with Crippen molar-refractivity contribution in [2.75, 3.05) is 4.90 Å². The summed E-state index contributed by atoms with van der Waals surface area (Å²) in [7, 11) is 0. The fourth-order valence-electron chi connectivity index (χ4n) is 6.01. The Morgan fingerprint density at radius 2 is 1.46 bits per heavy atom. The summed E-state index contributed by atoms with van der Waals surface area (Å²) in [5, 5.41) is 4.28. The van der Waals surface area contributed by atoms with Crippen LogP contribution in [0, 0.1) is 34.6 Å². The van der Waals surface area contributed by atoms with Crippen molar-refractivity contribution in [2.24, 2.45) is 0 Å². The molecule has 1 aliphatic heterocycles. The minimum absolute atomic E-state index is 0.0928. The lowest BCUT2D eigenvalue weighted by Crippen LogP contribution is -2.29. The molecule has 0 radical (unpaired) electrons. The third kappa shape index (κ3) is 4.89. The van der Waals surface area contributed by atoms with Gasteiger partial charge in [0.2, 0.25) is 0 Å². The molecule has 3 heterocycles. The molecule has 2 atom stereocenters. The highest BCUT2D eigenvalue weighted by atomic mass is 32.1. The van der Waals surface area contributed by atoms with E-state index in [-0.39, 0.29) is 12.1 Å². The van der Waals surface area contributed by atoms with Gasteiger partial charge in [-0.05, 0) is 118 Å². The second kappa shape index (κ2) is 10.9. The van der Waals surface area contributed by atoms with Crippen LogP contribution in [-0.4, -0.2) is 14.7 Å². The molecule has 1 aliphatic rings. The monoisotopic (exact) mass is 558 g/mol. The van der Waals surface area contributed by atoms with Crippen LogP contribution in [0.5, 0.6) is 11.5 Å². The van der Waals surface area contributed by atoms with Gasteiger partial charge in [0.1, 0.15) is 11.5 Å². The minimum Gasteiger partial charge on any atom is -0.457 e. The lowest BCUT2D eigenvalue weighted by atomic mass is 9.96. The Hall–Kier alpha value is -4.42. The van der Waals surface area contributed by atoms with E-state index in [0.29, 0.717) is 5.11 Å². The van der Waals surface area contributed by atoms with Crippen LogP contribution >= 0.6 is 12.2 Å². The third-order valence-electron chi connectivity index (χ3n) is 7.99. The summed E-state index contributed by atoms with van der Waals surface area (Å²) in [4.78, 5) is 6.96. The number of hydrogen-bond donors (Lipinski definition) is 1. The molecular formula is C35H34N4OS. The Morgan fingerprint density at radius 1 is 0.780 bits per heavy atom. The molecule has 2 aromatic heterocycles. The molecule has 41 heavy (non-hydrogen) atoms. The van der Waals surface area contributed by atoms with Crippen LogP contribution in [0.25, 0.3) is 5.69 Å². The molecule has 5 nitrogen and oxygen atoms in total. The maximum atomic E-state index is 6.18. The normalized spacial score (nSPS) is 16.6. The van der Waals surface area contributed by atoms with Crippen LogP contribution in [0.4, 0.5) is 5.69 Å². The predicted molar refractivity (Wildman–Crippen MR) is 170 cm³/mol. The van der Waals surface area contributed by atoms with Crippen LogP contribution in [0.3, 0.4) is 0 Å². The van der Waals surface area contributed by atoms with Gasteiger partial charge in [-0.25, -0.2) is 0 Å². The van der Waals surface area contributed by atoms with Crippen LogP contribution in [0.15, 0.2) is 97.2 Å². The number of ether oxygens (including phenoxy) is 1. The second-order valence-corrected chi connectivity index (χ2v) is 11.1. The van der Waals surface area contributed by atoms with Gasteiger partial charge in [-0.2, -0.15) is 0 Å². The van der Waals surface area contributed by atoms with E-state index >= 15 is 0 Å². The van der Waals surface area contributed by atoms with Crippen molar-refractivity contribution in [3.63, 3.8) is 0 Å². The number of nitrogens with zero attached hydrogens (tertiary/aromatic N) is 3. The molecule has 3 aromatic carbocycles. The van der Waals surface area contributed by atoms with E-state index in [1.807, 2.05) is 48.7 Å². The Morgan fingerprint density at radius 3 is 2.15 bits per heavy atom. The number of aryl methyl sites for hydroxylation is 4. The number of para-hydroxylation sites is 2. The molecule has 206 valence electrons. The van der Waals surface area contributed by atoms with E-state index in [1.165, 1.54) is 33.8 Å². The van der Waals surface area contributed by atoms with Gasteiger partial charge in [0.05, 0.1) is 23.5 Å².